The topological polar surface area (TPSA) is 12.9 Å². The summed E-state index contributed by atoms with van der Waals surface area (Å²) >= 11 is 5.64. The van der Waals surface area contributed by atoms with E-state index in [0.717, 1.165) is 12.1 Å². The molecule has 1 rings (SSSR count). The van der Waals surface area contributed by atoms with Gasteiger partial charge < -0.3 is 0 Å². The normalized spacial score (nSPS) is 9.30. The van der Waals surface area contributed by atoms with Crippen molar-refractivity contribution in [1.29, 1.82) is 0 Å². The molecule has 0 fully saturated rings. The molecule has 52 valence electrons. The van der Waals surface area contributed by atoms with E-state index in [1.807, 2.05) is 12.1 Å². The Labute approximate surface area is 65.4 Å². The van der Waals surface area contributed by atoms with Crippen LogP contribution in [0, 0.1) is 0 Å². The van der Waals surface area contributed by atoms with Crippen LogP contribution in [-0.4, -0.2) is 4.98 Å². The Morgan fingerprint density at radius 3 is 3.00 bits per heavy atom. The van der Waals surface area contributed by atoms with Crippen molar-refractivity contribution >= 4 is 11.6 Å². The van der Waals surface area contributed by atoms with E-state index in [1.54, 1.807) is 12.1 Å². The molecule has 0 amide bonds. The van der Waals surface area contributed by atoms with Crippen molar-refractivity contribution in [2.75, 3.05) is 0 Å². The van der Waals surface area contributed by atoms with Crippen molar-refractivity contribution in [2.45, 2.75) is 6.42 Å². The van der Waals surface area contributed by atoms with Crippen LogP contribution >= 0.6 is 11.6 Å². The lowest BCUT2D eigenvalue weighted by Gasteiger charge is -1.93. The zero-order chi connectivity index (χ0) is 7.40. The van der Waals surface area contributed by atoms with Gasteiger partial charge in [0.1, 0.15) is 5.15 Å². The third kappa shape index (κ3) is 1.85. The van der Waals surface area contributed by atoms with Crippen LogP contribution in [0.2, 0.25) is 5.15 Å². The van der Waals surface area contributed by atoms with Gasteiger partial charge in [-0.1, -0.05) is 23.7 Å². The third-order valence-corrected chi connectivity index (χ3v) is 1.34. The zero-order valence-electron chi connectivity index (χ0n) is 5.55. The molecule has 0 unspecified atom stereocenters. The molecule has 1 aromatic heterocycles. The molecule has 1 nitrogen and oxygen atoms in total. The summed E-state index contributed by atoms with van der Waals surface area (Å²) in [6.45, 7) is 3.60. The molecule has 1 heterocycles. The summed E-state index contributed by atoms with van der Waals surface area (Å²) in [5, 5.41) is 0.541. The Morgan fingerprint density at radius 1 is 1.60 bits per heavy atom. The summed E-state index contributed by atoms with van der Waals surface area (Å²) in [6, 6.07) is 5.57. The quantitative estimate of drug-likeness (QED) is 0.470. The second-order valence-corrected chi connectivity index (χ2v) is 2.33. The molecular formula is C8H8ClN. The molecule has 0 radical (unpaired) electrons. The minimum Gasteiger partial charge on any atom is -0.241 e. The smallest absolute Gasteiger partial charge is 0.129 e. The number of allylic oxidation sites excluding steroid dienone is 1. The maximum absolute atomic E-state index is 5.64. The monoisotopic (exact) mass is 153 g/mol. The van der Waals surface area contributed by atoms with Gasteiger partial charge in [-0.2, -0.15) is 0 Å². The van der Waals surface area contributed by atoms with Crippen LogP contribution in [0.5, 0.6) is 0 Å². The van der Waals surface area contributed by atoms with Crippen LogP contribution in [0.15, 0.2) is 30.9 Å². The maximum atomic E-state index is 5.64. The Kier molecular flexibility index (Phi) is 2.46. The lowest BCUT2D eigenvalue weighted by atomic mass is 10.3. The Morgan fingerprint density at radius 2 is 2.40 bits per heavy atom. The fourth-order valence-electron chi connectivity index (χ4n) is 0.712. The van der Waals surface area contributed by atoms with Gasteiger partial charge in [-0.3, -0.25) is 0 Å². The molecule has 0 bridgehead atoms. The van der Waals surface area contributed by atoms with Crippen molar-refractivity contribution in [3.05, 3.63) is 41.7 Å². The summed E-state index contributed by atoms with van der Waals surface area (Å²) in [4.78, 5) is 4.06. The van der Waals surface area contributed by atoms with Crippen molar-refractivity contribution in [3.8, 4) is 0 Å². The SMILES string of the molecule is C=CCc1cccc(Cl)n1. The first-order chi connectivity index (χ1) is 4.83. The van der Waals surface area contributed by atoms with Gasteiger partial charge in [0, 0.05) is 12.1 Å². The van der Waals surface area contributed by atoms with Crippen LogP contribution in [0.3, 0.4) is 0 Å². The summed E-state index contributed by atoms with van der Waals surface area (Å²) in [5.41, 5.74) is 0.961. The van der Waals surface area contributed by atoms with Gasteiger partial charge in [0.25, 0.3) is 0 Å². The first kappa shape index (κ1) is 7.29. The van der Waals surface area contributed by atoms with Crippen LogP contribution in [0.4, 0.5) is 0 Å². The number of pyridine rings is 1. The lowest BCUT2D eigenvalue weighted by Crippen LogP contribution is -1.85. The molecule has 1 aromatic rings. The molecule has 0 aromatic carbocycles. The zero-order valence-corrected chi connectivity index (χ0v) is 6.30. The molecule has 0 aliphatic heterocycles. The standard InChI is InChI=1S/C8H8ClN/c1-2-4-7-5-3-6-8(9)10-7/h2-3,5-6H,1,4H2. The largest absolute Gasteiger partial charge is 0.241 e. The third-order valence-electron chi connectivity index (χ3n) is 1.13. The summed E-state index contributed by atoms with van der Waals surface area (Å²) in [7, 11) is 0. The van der Waals surface area contributed by atoms with Gasteiger partial charge in [0.2, 0.25) is 0 Å². The second kappa shape index (κ2) is 3.37. The van der Waals surface area contributed by atoms with Gasteiger partial charge in [0.05, 0.1) is 0 Å². The predicted octanol–water partition coefficient (Wildman–Crippen LogP) is 2.46. The average molecular weight is 154 g/mol. The van der Waals surface area contributed by atoms with Crippen LogP contribution < -0.4 is 0 Å². The van der Waals surface area contributed by atoms with Crippen LogP contribution in [0.25, 0.3) is 0 Å². The molecule has 2 heteroatoms. The van der Waals surface area contributed by atoms with Gasteiger partial charge >= 0.3 is 0 Å². The number of aromatic nitrogens is 1. The Bertz CT molecular complexity index is 232. The van der Waals surface area contributed by atoms with Crippen LogP contribution in [0.1, 0.15) is 5.69 Å². The first-order valence-electron chi connectivity index (χ1n) is 3.05. The van der Waals surface area contributed by atoms with E-state index in [1.165, 1.54) is 0 Å². The maximum Gasteiger partial charge on any atom is 0.129 e. The molecule has 0 aliphatic carbocycles. The lowest BCUT2D eigenvalue weighted by molar-refractivity contribution is 1.11. The van der Waals surface area contributed by atoms with Gasteiger partial charge in [0.15, 0.2) is 0 Å². The molecule has 10 heavy (non-hydrogen) atoms. The van der Waals surface area contributed by atoms with E-state index in [0.29, 0.717) is 5.15 Å². The predicted molar refractivity (Wildman–Crippen MR) is 43.1 cm³/mol. The van der Waals surface area contributed by atoms with E-state index in [9.17, 15) is 0 Å². The number of nitrogens with zero attached hydrogens (tertiary/aromatic N) is 1. The number of hydrogen-bond donors (Lipinski definition) is 0. The molecule has 0 saturated carbocycles. The van der Waals surface area contributed by atoms with E-state index in [-0.39, 0.29) is 0 Å². The fourth-order valence-corrected chi connectivity index (χ4v) is 0.893. The highest BCUT2D eigenvalue weighted by Crippen LogP contribution is 2.05. The molecule has 0 saturated heterocycles. The second-order valence-electron chi connectivity index (χ2n) is 1.94. The van der Waals surface area contributed by atoms with Crippen molar-refractivity contribution < 1.29 is 0 Å². The number of rotatable bonds is 2. The minimum atomic E-state index is 0.541. The van der Waals surface area contributed by atoms with E-state index in [2.05, 4.69) is 11.6 Å². The highest BCUT2D eigenvalue weighted by Gasteiger charge is 1.90. The van der Waals surface area contributed by atoms with Crippen molar-refractivity contribution in [2.24, 2.45) is 0 Å². The fraction of sp³-hybridized carbons (Fsp3) is 0.125. The van der Waals surface area contributed by atoms with E-state index < -0.39 is 0 Å². The van der Waals surface area contributed by atoms with Gasteiger partial charge in [-0.05, 0) is 12.1 Å². The molecule has 0 N–H and O–H groups in total. The summed E-state index contributed by atoms with van der Waals surface area (Å²) in [5.74, 6) is 0. The highest BCUT2D eigenvalue weighted by molar-refractivity contribution is 6.29. The minimum absolute atomic E-state index is 0.541. The number of halogens is 1. The first-order valence-corrected chi connectivity index (χ1v) is 3.43. The Balaban J connectivity index is 2.84. The van der Waals surface area contributed by atoms with Crippen LogP contribution in [-0.2, 0) is 6.42 Å². The van der Waals surface area contributed by atoms with E-state index >= 15 is 0 Å². The Hall–Kier alpha value is -0.820. The van der Waals surface area contributed by atoms with Crippen molar-refractivity contribution in [1.82, 2.24) is 4.98 Å². The van der Waals surface area contributed by atoms with Gasteiger partial charge in [-0.25, -0.2) is 4.98 Å². The van der Waals surface area contributed by atoms with Gasteiger partial charge in [-0.15, -0.1) is 6.58 Å². The molecular weight excluding hydrogens is 146 g/mol. The number of hydrogen-bond acceptors (Lipinski definition) is 1. The molecule has 0 aliphatic rings. The van der Waals surface area contributed by atoms with E-state index in [4.69, 9.17) is 11.6 Å². The van der Waals surface area contributed by atoms with Crippen molar-refractivity contribution in [3.63, 3.8) is 0 Å². The molecule has 0 spiro atoms. The summed E-state index contributed by atoms with van der Waals surface area (Å²) in [6.07, 6.45) is 2.58. The average Bonchev–Trinajstić information content (AvgIpc) is 1.88. The molecule has 0 atom stereocenters. The highest BCUT2D eigenvalue weighted by atomic mass is 35.5. The summed E-state index contributed by atoms with van der Waals surface area (Å²) < 4.78 is 0.